The molecule has 0 aromatic heterocycles. The maximum atomic E-state index is 11.8. The van der Waals surface area contributed by atoms with Gasteiger partial charge in [0.2, 0.25) is 5.91 Å². The van der Waals surface area contributed by atoms with Crippen molar-refractivity contribution < 1.29 is 14.6 Å². The zero-order valence-electron chi connectivity index (χ0n) is 12.2. The fourth-order valence-electron chi connectivity index (χ4n) is 2.34. The number of methoxy groups -OCH3 is 1. The summed E-state index contributed by atoms with van der Waals surface area (Å²) in [5.41, 5.74) is 0.0854. The van der Waals surface area contributed by atoms with Crippen molar-refractivity contribution >= 4 is 5.91 Å². The summed E-state index contributed by atoms with van der Waals surface area (Å²) in [5, 5.41) is 13.2. The van der Waals surface area contributed by atoms with E-state index in [-0.39, 0.29) is 18.4 Å². The summed E-state index contributed by atoms with van der Waals surface area (Å²) in [5.74, 6) is 1.03. The molecule has 1 aliphatic rings. The lowest BCUT2D eigenvalue weighted by Gasteiger charge is -2.28. The van der Waals surface area contributed by atoms with Crippen molar-refractivity contribution in [1.29, 1.82) is 0 Å². The van der Waals surface area contributed by atoms with Gasteiger partial charge in [-0.3, -0.25) is 4.79 Å². The molecule has 4 nitrogen and oxygen atoms in total. The van der Waals surface area contributed by atoms with Crippen molar-refractivity contribution in [3.05, 3.63) is 29.8 Å². The Hall–Kier alpha value is -1.55. The van der Waals surface area contributed by atoms with Crippen molar-refractivity contribution in [1.82, 2.24) is 5.32 Å². The lowest BCUT2D eigenvalue weighted by Crippen LogP contribution is -2.45. The maximum absolute atomic E-state index is 11.8. The number of hydrogen-bond acceptors (Lipinski definition) is 3. The van der Waals surface area contributed by atoms with E-state index in [4.69, 9.17) is 4.74 Å². The van der Waals surface area contributed by atoms with Gasteiger partial charge >= 0.3 is 0 Å². The molecule has 20 heavy (non-hydrogen) atoms. The van der Waals surface area contributed by atoms with Crippen LogP contribution in [0.4, 0.5) is 0 Å². The van der Waals surface area contributed by atoms with E-state index in [1.807, 2.05) is 24.3 Å². The number of rotatable bonds is 6. The second-order valence-corrected chi connectivity index (χ2v) is 5.87. The van der Waals surface area contributed by atoms with Gasteiger partial charge in [-0.15, -0.1) is 0 Å². The van der Waals surface area contributed by atoms with E-state index in [0.717, 1.165) is 30.6 Å². The summed E-state index contributed by atoms with van der Waals surface area (Å²) >= 11 is 0. The van der Waals surface area contributed by atoms with Gasteiger partial charge in [0, 0.05) is 18.9 Å². The van der Waals surface area contributed by atoms with Crippen LogP contribution >= 0.6 is 0 Å². The lowest BCUT2D eigenvalue weighted by atomic mass is 9.84. The third kappa shape index (κ3) is 3.97. The average Bonchev–Trinajstić information content (AvgIpc) is 2.35. The van der Waals surface area contributed by atoms with Crippen molar-refractivity contribution in [2.75, 3.05) is 13.7 Å². The smallest absolute Gasteiger partial charge is 0.223 e. The van der Waals surface area contributed by atoms with Gasteiger partial charge in [-0.05, 0) is 37.5 Å². The first kappa shape index (κ1) is 14.9. The Bertz CT molecular complexity index is 449. The van der Waals surface area contributed by atoms with Crippen LogP contribution in [0.5, 0.6) is 5.75 Å². The Morgan fingerprint density at radius 3 is 2.55 bits per heavy atom. The van der Waals surface area contributed by atoms with Crippen LogP contribution in [0.1, 0.15) is 31.7 Å². The zero-order chi connectivity index (χ0) is 14.6. The molecule has 1 saturated carbocycles. The average molecular weight is 277 g/mol. The fourth-order valence-corrected chi connectivity index (χ4v) is 2.34. The largest absolute Gasteiger partial charge is 0.497 e. The highest BCUT2D eigenvalue weighted by Crippen LogP contribution is 2.26. The van der Waals surface area contributed by atoms with Gasteiger partial charge in [0.15, 0.2) is 0 Å². The van der Waals surface area contributed by atoms with Gasteiger partial charge in [-0.2, -0.15) is 0 Å². The van der Waals surface area contributed by atoms with Crippen molar-refractivity contribution in [2.24, 2.45) is 5.92 Å². The van der Waals surface area contributed by atoms with E-state index in [1.54, 1.807) is 14.0 Å². The highest BCUT2D eigenvalue weighted by Gasteiger charge is 2.28. The Labute approximate surface area is 120 Å². The SMILES string of the molecule is COc1ccc(C[C@](C)(O)CNC(=O)C2CCC2)cc1. The molecule has 1 amide bonds. The van der Waals surface area contributed by atoms with E-state index in [0.29, 0.717) is 6.42 Å². The highest BCUT2D eigenvalue weighted by atomic mass is 16.5. The van der Waals surface area contributed by atoms with Gasteiger partial charge in [-0.25, -0.2) is 0 Å². The van der Waals surface area contributed by atoms with E-state index in [9.17, 15) is 9.90 Å². The molecule has 4 heteroatoms. The van der Waals surface area contributed by atoms with Crippen LogP contribution in [0.25, 0.3) is 0 Å². The molecule has 0 unspecified atom stereocenters. The first-order valence-electron chi connectivity index (χ1n) is 7.13. The minimum absolute atomic E-state index is 0.0752. The van der Waals surface area contributed by atoms with Crippen molar-refractivity contribution in [3.63, 3.8) is 0 Å². The quantitative estimate of drug-likeness (QED) is 0.835. The number of benzene rings is 1. The number of ether oxygens (including phenoxy) is 1. The molecule has 0 heterocycles. The topological polar surface area (TPSA) is 58.6 Å². The van der Waals surface area contributed by atoms with Gasteiger partial charge in [0.1, 0.15) is 5.75 Å². The summed E-state index contributed by atoms with van der Waals surface area (Å²) in [6, 6.07) is 7.61. The molecule has 1 aromatic rings. The molecule has 2 rings (SSSR count). The molecule has 0 saturated heterocycles. The number of aliphatic hydroxyl groups is 1. The molecule has 1 aromatic carbocycles. The molecule has 2 N–H and O–H groups in total. The Balaban J connectivity index is 1.83. The Kier molecular flexibility index (Phi) is 4.65. The minimum Gasteiger partial charge on any atom is -0.497 e. The third-order valence-electron chi connectivity index (χ3n) is 3.86. The number of carbonyl (C=O) groups is 1. The van der Waals surface area contributed by atoms with E-state index < -0.39 is 5.60 Å². The van der Waals surface area contributed by atoms with E-state index in [2.05, 4.69) is 5.32 Å². The van der Waals surface area contributed by atoms with Crippen LogP contribution in [0.2, 0.25) is 0 Å². The second-order valence-electron chi connectivity index (χ2n) is 5.87. The molecule has 1 fully saturated rings. The number of nitrogens with one attached hydrogen (secondary N) is 1. The van der Waals surface area contributed by atoms with Gasteiger partial charge < -0.3 is 15.2 Å². The van der Waals surface area contributed by atoms with Crippen LogP contribution in [-0.4, -0.2) is 30.3 Å². The number of carbonyl (C=O) groups excluding carboxylic acids is 1. The third-order valence-corrected chi connectivity index (χ3v) is 3.86. The molecule has 1 aliphatic carbocycles. The first-order chi connectivity index (χ1) is 9.50. The predicted octanol–water partition coefficient (Wildman–Crippen LogP) is 1.90. The Morgan fingerprint density at radius 1 is 1.40 bits per heavy atom. The van der Waals surface area contributed by atoms with Gasteiger partial charge in [0.05, 0.1) is 12.7 Å². The van der Waals surface area contributed by atoms with Crippen molar-refractivity contribution in [3.8, 4) is 5.75 Å². The molecular weight excluding hydrogens is 254 g/mol. The summed E-state index contributed by atoms with van der Waals surface area (Å²) in [6.07, 6.45) is 3.60. The molecular formula is C16H23NO3. The monoisotopic (exact) mass is 277 g/mol. The molecule has 1 atom stereocenters. The van der Waals surface area contributed by atoms with Crippen LogP contribution in [0.3, 0.4) is 0 Å². The van der Waals surface area contributed by atoms with E-state index in [1.165, 1.54) is 0 Å². The molecule has 0 bridgehead atoms. The minimum atomic E-state index is -0.937. The van der Waals surface area contributed by atoms with Gasteiger partial charge in [0.25, 0.3) is 0 Å². The summed E-state index contributed by atoms with van der Waals surface area (Å²) in [6.45, 7) is 2.03. The maximum Gasteiger partial charge on any atom is 0.223 e. The first-order valence-corrected chi connectivity index (χ1v) is 7.13. The van der Waals surface area contributed by atoms with Crippen LogP contribution < -0.4 is 10.1 Å². The van der Waals surface area contributed by atoms with Crippen LogP contribution in [0, 0.1) is 5.92 Å². The lowest BCUT2D eigenvalue weighted by molar-refractivity contribution is -0.128. The summed E-state index contributed by atoms with van der Waals surface area (Å²) < 4.78 is 5.10. The molecule has 0 aliphatic heterocycles. The Morgan fingerprint density at radius 2 is 2.05 bits per heavy atom. The number of amides is 1. The summed E-state index contributed by atoms with van der Waals surface area (Å²) in [7, 11) is 1.63. The molecule has 110 valence electrons. The zero-order valence-corrected chi connectivity index (χ0v) is 12.2. The summed E-state index contributed by atoms with van der Waals surface area (Å²) in [4.78, 5) is 11.8. The number of hydrogen-bond donors (Lipinski definition) is 2. The van der Waals surface area contributed by atoms with Crippen LogP contribution in [-0.2, 0) is 11.2 Å². The van der Waals surface area contributed by atoms with Gasteiger partial charge in [-0.1, -0.05) is 18.6 Å². The predicted molar refractivity (Wildman–Crippen MR) is 77.7 cm³/mol. The highest BCUT2D eigenvalue weighted by molar-refractivity contribution is 5.79. The molecule has 0 spiro atoms. The molecule has 0 radical (unpaired) electrons. The van der Waals surface area contributed by atoms with Crippen molar-refractivity contribution in [2.45, 2.75) is 38.2 Å². The standard InChI is InChI=1S/C16H23NO3/c1-16(19,11-17-15(18)13-4-3-5-13)10-12-6-8-14(20-2)9-7-12/h6-9,13,19H,3-5,10-11H2,1-2H3,(H,17,18)/t16-/m0/s1. The van der Waals surface area contributed by atoms with Crippen LogP contribution in [0.15, 0.2) is 24.3 Å². The van der Waals surface area contributed by atoms with E-state index >= 15 is 0 Å². The second kappa shape index (κ2) is 6.27. The normalized spacial score (nSPS) is 17.9. The fraction of sp³-hybridized carbons (Fsp3) is 0.562.